The molecule has 2 aromatic carbocycles. The SMILES string of the molecule is O=[N+]([O-])c1cc(F)cc(CNc2cccc(F)c2)c1. The fraction of sp³-hybridized carbons (Fsp3) is 0.0769. The lowest BCUT2D eigenvalue weighted by Gasteiger charge is -2.06. The van der Waals surface area contributed by atoms with Gasteiger partial charge in [-0.1, -0.05) is 6.07 Å². The minimum absolute atomic E-state index is 0.169. The lowest BCUT2D eigenvalue weighted by molar-refractivity contribution is -0.385. The van der Waals surface area contributed by atoms with Crippen molar-refractivity contribution in [2.75, 3.05) is 5.32 Å². The molecular weight excluding hydrogens is 254 g/mol. The molecule has 0 amide bonds. The smallest absolute Gasteiger partial charge is 0.272 e. The monoisotopic (exact) mass is 264 g/mol. The highest BCUT2D eigenvalue weighted by Crippen LogP contribution is 2.18. The minimum Gasteiger partial charge on any atom is -0.381 e. The van der Waals surface area contributed by atoms with Crippen molar-refractivity contribution in [1.29, 1.82) is 0 Å². The summed E-state index contributed by atoms with van der Waals surface area (Å²) in [6.07, 6.45) is 0. The Morgan fingerprint density at radius 3 is 2.58 bits per heavy atom. The van der Waals surface area contributed by atoms with Gasteiger partial charge in [-0.05, 0) is 29.8 Å². The third-order valence-electron chi connectivity index (χ3n) is 2.47. The molecule has 0 bridgehead atoms. The quantitative estimate of drug-likeness (QED) is 0.679. The summed E-state index contributed by atoms with van der Waals surface area (Å²) in [7, 11) is 0. The predicted octanol–water partition coefficient (Wildman–Crippen LogP) is 3.49. The van der Waals surface area contributed by atoms with E-state index >= 15 is 0 Å². The van der Waals surface area contributed by atoms with Crippen LogP contribution in [0.2, 0.25) is 0 Å². The Hall–Kier alpha value is -2.50. The average Bonchev–Trinajstić information content (AvgIpc) is 2.36. The van der Waals surface area contributed by atoms with Crippen molar-refractivity contribution >= 4 is 11.4 Å². The Bertz CT molecular complexity index is 617. The first-order chi connectivity index (χ1) is 9.04. The Morgan fingerprint density at radius 1 is 1.11 bits per heavy atom. The third-order valence-corrected chi connectivity index (χ3v) is 2.47. The Kier molecular flexibility index (Phi) is 3.70. The molecule has 0 saturated carbocycles. The van der Waals surface area contributed by atoms with E-state index in [1.54, 1.807) is 6.07 Å². The molecule has 0 radical (unpaired) electrons. The topological polar surface area (TPSA) is 55.2 Å². The Morgan fingerprint density at radius 2 is 1.89 bits per heavy atom. The van der Waals surface area contributed by atoms with Crippen LogP contribution in [0.15, 0.2) is 42.5 Å². The van der Waals surface area contributed by atoms with Crippen LogP contribution in [-0.4, -0.2) is 4.92 Å². The zero-order valence-electron chi connectivity index (χ0n) is 9.77. The number of rotatable bonds is 4. The molecule has 0 aromatic heterocycles. The van der Waals surface area contributed by atoms with Gasteiger partial charge in [0, 0.05) is 18.3 Å². The van der Waals surface area contributed by atoms with E-state index in [4.69, 9.17) is 0 Å². The van der Waals surface area contributed by atoms with E-state index in [-0.39, 0.29) is 12.2 Å². The van der Waals surface area contributed by atoms with Crippen LogP contribution in [0.1, 0.15) is 5.56 Å². The first-order valence-corrected chi connectivity index (χ1v) is 5.48. The molecule has 1 N–H and O–H groups in total. The lowest BCUT2D eigenvalue weighted by atomic mass is 10.2. The van der Waals surface area contributed by atoms with Gasteiger partial charge in [-0.15, -0.1) is 0 Å². The van der Waals surface area contributed by atoms with E-state index in [0.29, 0.717) is 11.3 Å². The predicted molar refractivity (Wildman–Crippen MR) is 66.8 cm³/mol. The summed E-state index contributed by atoms with van der Waals surface area (Å²) < 4.78 is 26.1. The summed E-state index contributed by atoms with van der Waals surface area (Å²) in [5.41, 5.74) is 0.624. The van der Waals surface area contributed by atoms with Crippen molar-refractivity contribution in [2.24, 2.45) is 0 Å². The van der Waals surface area contributed by atoms with Crippen molar-refractivity contribution in [3.8, 4) is 0 Å². The normalized spacial score (nSPS) is 10.2. The molecule has 0 fully saturated rings. The molecule has 19 heavy (non-hydrogen) atoms. The van der Waals surface area contributed by atoms with Crippen LogP contribution >= 0.6 is 0 Å². The molecule has 6 heteroatoms. The average molecular weight is 264 g/mol. The maximum absolute atomic E-state index is 13.2. The van der Waals surface area contributed by atoms with Crippen molar-refractivity contribution in [1.82, 2.24) is 0 Å². The molecule has 98 valence electrons. The zero-order chi connectivity index (χ0) is 13.8. The van der Waals surface area contributed by atoms with Gasteiger partial charge in [0.1, 0.15) is 11.6 Å². The number of nitro groups is 1. The first kappa shape index (κ1) is 12.9. The summed E-state index contributed by atoms with van der Waals surface area (Å²) in [6, 6.07) is 9.09. The van der Waals surface area contributed by atoms with Crippen LogP contribution in [0.25, 0.3) is 0 Å². The van der Waals surface area contributed by atoms with E-state index in [1.807, 2.05) is 0 Å². The number of nitrogens with zero attached hydrogens (tertiary/aromatic N) is 1. The van der Waals surface area contributed by atoms with Crippen LogP contribution in [0.4, 0.5) is 20.2 Å². The molecule has 0 atom stereocenters. The number of non-ortho nitro benzene ring substituents is 1. The van der Waals surface area contributed by atoms with Crippen LogP contribution in [0.3, 0.4) is 0 Å². The van der Waals surface area contributed by atoms with E-state index < -0.39 is 16.6 Å². The largest absolute Gasteiger partial charge is 0.381 e. The van der Waals surface area contributed by atoms with Crippen LogP contribution in [-0.2, 0) is 6.54 Å². The van der Waals surface area contributed by atoms with Crippen molar-refractivity contribution < 1.29 is 13.7 Å². The van der Waals surface area contributed by atoms with Crippen molar-refractivity contribution in [3.63, 3.8) is 0 Å². The molecule has 0 aliphatic carbocycles. The van der Waals surface area contributed by atoms with Crippen LogP contribution in [0, 0.1) is 21.7 Å². The summed E-state index contributed by atoms with van der Waals surface area (Å²) >= 11 is 0. The van der Waals surface area contributed by atoms with Gasteiger partial charge in [0.05, 0.1) is 11.0 Å². The van der Waals surface area contributed by atoms with Gasteiger partial charge in [-0.3, -0.25) is 10.1 Å². The minimum atomic E-state index is -0.676. The van der Waals surface area contributed by atoms with Gasteiger partial charge in [0.2, 0.25) is 0 Å². The molecule has 0 saturated heterocycles. The highest BCUT2D eigenvalue weighted by molar-refractivity contribution is 5.44. The molecular formula is C13H10F2N2O2. The summed E-state index contributed by atoms with van der Waals surface area (Å²) in [4.78, 5) is 9.94. The first-order valence-electron chi connectivity index (χ1n) is 5.48. The highest BCUT2D eigenvalue weighted by Gasteiger charge is 2.09. The standard InChI is InChI=1S/C13H10F2N2O2/c14-10-2-1-3-12(6-10)16-8-9-4-11(15)7-13(5-9)17(18)19/h1-7,16H,8H2. The fourth-order valence-electron chi connectivity index (χ4n) is 1.64. The second-order valence-electron chi connectivity index (χ2n) is 3.94. The second-order valence-corrected chi connectivity index (χ2v) is 3.94. The molecule has 2 rings (SSSR count). The molecule has 4 nitrogen and oxygen atoms in total. The summed E-state index contributed by atoms with van der Waals surface area (Å²) in [5.74, 6) is -1.07. The summed E-state index contributed by atoms with van der Waals surface area (Å²) in [5, 5.41) is 13.5. The fourth-order valence-corrected chi connectivity index (χ4v) is 1.64. The number of halogens is 2. The van der Waals surface area contributed by atoms with E-state index in [2.05, 4.69) is 5.32 Å². The molecule has 0 aliphatic rings. The maximum atomic E-state index is 13.2. The van der Waals surface area contributed by atoms with Gasteiger partial charge < -0.3 is 5.32 Å². The number of hydrogen-bond donors (Lipinski definition) is 1. The van der Waals surface area contributed by atoms with Crippen LogP contribution < -0.4 is 5.32 Å². The highest BCUT2D eigenvalue weighted by atomic mass is 19.1. The van der Waals surface area contributed by atoms with E-state index in [9.17, 15) is 18.9 Å². The zero-order valence-corrected chi connectivity index (χ0v) is 9.77. The number of hydrogen-bond acceptors (Lipinski definition) is 3. The third kappa shape index (κ3) is 3.48. The van der Waals surface area contributed by atoms with Crippen LogP contribution in [0.5, 0.6) is 0 Å². The van der Waals surface area contributed by atoms with Gasteiger partial charge >= 0.3 is 0 Å². The molecule has 0 aliphatic heterocycles. The molecule has 0 heterocycles. The van der Waals surface area contributed by atoms with Gasteiger partial charge in [-0.2, -0.15) is 0 Å². The Balaban J connectivity index is 2.13. The van der Waals surface area contributed by atoms with Gasteiger partial charge in [-0.25, -0.2) is 8.78 Å². The number of anilines is 1. The Labute approximate surface area is 107 Å². The number of benzene rings is 2. The van der Waals surface area contributed by atoms with Crippen molar-refractivity contribution in [3.05, 3.63) is 69.8 Å². The lowest BCUT2D eigenvalue weighted by Crippen LogP contribution is -2.01. The molecule has 2 aromatic rings. The van der Waals surface area contributed by atoms with Crippen molar-refractivity contribution in [2.45, 2.75) is 6.54 Å². The van der Waals surface area contributed by atoms with Gasteiger partial charge in [0.15, 0.2) is 0 Å². The second kappa shape index (κ2) is 5.43. The number of nitrogens with one attached hydrogen (secondary N) is 1. The van der Waals surface area contributed by atoms with E-state index in [0.717, 1.165) is 6.07 Å². The summed E-state index contributed by atoms with van der Waals surface area (Å²) in [6.45, 7) is 0.169. The molecule has 0 unspecified atom stereocenters. The van der Waals surface area contributed by atoms with Gasteiger partial charge in [0.25, 0.3) is 5.69 Å². The number of nitro benzene ring substituents is 1. The maximum Gasteiger partial charge on any atom is 0.272 e. The van der Waals surface area contributed by atoms with E-state index in [1.165, 1.54) is 30.3 Å². The molecule has 0 spiro atoms.